The van der Waals surface area contributed by atoms with E-state index in [1.54, 1.807) is 58.5 Å². The van der Waals surface area contributed by atoms with Gasteiger partial charge in [-0.15, -0.1) is 22.7 Å². The first-order valence-electron chi connectivity index (χ1n) is 52.2. The number of benzene rings is 12. The summed E-state index contributed by atoms with van der Waals surface area (Å²) < 4.78 is 43.2. The van der Waals surface area contributed by atoms with Gasteiger partial charge < -0.3 is 47.2 Å². The second-order valence-electron chi connectivity index (χ2n) is 26.9. The molecular weight excluding hydrogens is 1860 g/mol. The van der Waals surface area contributed by atoms with E-state index in [4.69, 9.17) is 36.9 Å². The Morgan fingerprint density at radius 2 is 0.857 bits per heavy atom. The van der Waals surface area contributed by atoms with Crippen molar-refractivity contribution in [3.05, 3.63) is 421 Å². The van der Waals surface area contributed by atoms with E-state index in [1.807, 2.05) is 453 Å². The van der Waals surface area contributed by atoms with Crippen LogP contribution in [0.25, 0.3) is 86.3 Å². The molecule has 0 amide bonds. The van der Waals surface area contributed by atoms with Crippen LogP contribution in [0.4, 0.5) is 5.69 Å². The molecule has 6 aliphatic rings. The number of esters is 1. The molecule has 147 heavy (non-hydrogen) atoms. The molecule has 4 aliphatic heterocycles. The Morgan fingerprint density at radius 1 is 0.354 bits per heavy atom. The predicted octanol–water partition coefficient (Wildman–Crippen LogP) is 37.2. The number of anilines is 1. The Labute approximate surface area is 884 Å². The molecular formula is C126H163N9O10S2. The lowest BCUT2D eigenvalue weighted by Gasteiger charge is -2.23. The summed E-state index contributed by atoms with van der Waals surface area (Å²) in [4.78, 5) is 43.2. The summed E-state index contributed by atoms with van der Waals surface area (Å²) in [5, 5.41) is 16.8. The zero-order valence-corrected chi connectivity index (χ0v) is 93.4. The minimum absolute atomic E-state index is 0.0718. The maximum absolute atomic E-state index is 10.8. The normalized spacial score (nSPS) is 11.7. The number of rotatable bonds is 0. The van der Waals surface area contributed by atoms with E-state index < -0.39 is 5.76 Å². The third kappa shape index (κ3) is 48.4. The first-order valence-corrected chi connectivity index (χ1v) is 54.0. The Balaban J connectivity index is 0.000000781. The molecule has 4 N–H and O–H groups in total. The van der Waals surface area contributed by atoms with Gasteiger partial charge >= 0.3 is 11.7 Å². The highest BCUT2D eigenvalue weighted by atomic mass is 32.1. The molecule has 0 spiro atoms. The van der Waals surface area contributed by atoms with Gasteiger partial charge in [-0.05, 0) is 174 Å². The van der Waals surface area contributed by atoms with Gasteiger partial charge in [0, 0.05) is 45.5 Å². The average molecular weight is 2030 g/mol. The van der Waals surface area contributed by atoms with Gasteiger partial charge in [-0.25, -0.2) is 24.5 Å². The van der Waals surface area contributed by atoms with Crippen LogP contribution in [0.5, 0.6) is 23.0 Å². The maximum Gasteiger partial charge on any atom is 0.417 e. The van der Waals surface area contributed by atoms with E-state index >= 15 is 0 Å². The minimum Gasteiger partial charge on any atom is -0.493 e. The van der Waals surface area contributed by atoms with Gasteiger partial charge in [0.2, 0.25) is 6.79 Å². The molecule has 12 heterocycles. The lowest BCUT2D eigenvalue weighted by molar-refractivity contribution is -0.143. The molecule has 0 radical (unpaired) electrons. The van der Waals surface area contributed by atoms with Crippen molar-refractivity contribution in [1.29, 1.82) is 0 Å². The van der Waals surface area contributed by atoms with Crippen molar-refractivity contribution in [2.45, 2.75) is 212 Å². The zero-order chi connectivity index (χ0) is 109. The van der Waals surface area contributed by atoms with Gasteiger partial charge in [0.15, 0.2) is 35.8 Å². The summed E-state index contributed by atoms with van der Waals surface area (Å²) in [7, 11) is 0. The Morgan fingerprint density at radius 3 is 1.45 bits per heavy atom. The van der Waals surface area contributed by atoms with E-state index in [2.05, 4.69) is 130 Å². The number of carbonyl (C=O) groups excluding carboxylic acids is 1. The number of carbonyl (C=O) groups is 1. The highest BCUT2D eigenvalue weighted by Gasteiger charge is 2.23. The molecule has 21 heteroatoms. The first kappa shape index (κ1) is 130. The van der Waals surface area contributed by atoms with Crippen molar-refractivity contribution in [2.75, 3.05) is 25.4 Å². The molecule has 0 bridgehead atoms. The van der Waals surface area contributed by atoms with Crippen molar-refractivity contribution in [1.82, 2.24) is 40.1 Å². The highest BCUT2D eigenvalue weighted by molar-refractivity contribution is 7.17. The molecule has 2 aliphatic carbocycles. The number of fused-ring (bicyclic) bond motifs is 13. The number of aromatic nitrogens is 8. The monoisotopic (exact) mass is 2030 g/mol. The topological polar surface area (TPSA) is 244 Å². The zero-order valence-electron chi connectivity index (χ0n) is 91.8. The number of hydrogen-bond acceptors (Lipinski definition) is 18. The number of hydrogen-bond donors (Lipinski definition) is 4. The van der Waals surface area contributed by atoms with Crippen LogP contribution in [-0.4, -0.2) is 72.3 Å². The van der Waals surface area contributed by atoms with Gasteiger partial charge in [-0.3, -0.25) is 15.1 Å². The van der Waals surface area contributed by atoms with Crippen LogP contribution in [0.1, 0.15) is 203 Å². The van der Waals surface area contributed by atoms with Gasteiger partial charge in [-0.2, -0.15) is 5.10 Å². The number of H-pyrrole nitrogens is 3. The largest absolute Gasteiger partial charge is 0.493 e. The lowest BCUT2D eigenvalue weighted by atomic mass is 9.95. The molecule has 2 atom stereocenters. The van der Waals surface area contributed by atoms with E-state index in [0.717, 1.165) is 102 Å². The lowest BCUT2D eigenvalue weighted by Crippen LogP contribution is -2.26. The van der Waals surface area contributed by atoms with Crippen LogP contribution in [0.2, 0.25) is 0 Å². The molecule has 19 nitrogen and oxygen atoms in total. The third-order valence-electron chi connectivity index (χ3n) is 18.8. The second-order valence-corrected chi connectivity index (χ2v) is 28.7. The second kappa shape index (κ2) is 86.3. The number of oxazole rings is 2. The summed E-state index contributed by atoms with van der Waals surface area (Å²) >= 11 is 3.46. The highest BCUT2D eigenvalue weighted by Crippen LogP contribution is 2.31. The predicted molar refractivity (Wildman–Crippen MR) is 633 cm³/mol. The smallest absolute Gasteiger partial charge is 0.417 e. The number of thiophene rings is 1. The fraction of sp³-hybridized carbons (Fsp3) is 0.278. The SMILES string of the molecule is CC.CC.CC.CC.CC.CC.CC.CC.CC.CC.CC.CC.CC.O=C1C=CC2C=CC=CC2O1.O=c1[nH]c2ccccc2o1.c1ccc2[nH]cnc2c1.c1ccc2[nH]ncc2c1.c1ccc2c(c1)CCC2.c1ccc2c(c1)CCO2.c1ccc2c(c1)NCO2.c1ccc2c(c1)OCO2.c1ccc2ncccc2c1.c1ccc2occc2c1.c1ccc2ocnc2c1.c1ccc2sccc2c1.c1ccc2scnc2c1. The fourth-order valence-electron chi connectivity index (χ4n) is 12.8. The van der Waals surface area contributed by atoms with E-state index in [9.17, 15) is 9.59 Å². The molecule has 0 saturated heterocycles. The molecule has 2 unspecified atom stereocenters. The first-order chi connectivity index (χ1) is 72.8. The molecule has 8 aromatic heterocycles. The minimum atomic E-state index is -0.402. The van der Waals surface area contributed by atoms with Crippen LogP contribution >= 0.6 is 22.7 Å². The van der Waals surface area contributed by atoms with Crippen LogP contribution < -0.4 is 30.0 Å². The molecule has 26 rings (SSSR count). The standard InChI is InChI=1S/C9H7N.C9H8O2.C9H10.C8H8O.C8H6O.C8H6S.2C7H6N2.C7H5NO2.C7H7NO.C7H5NO.C7H5NS.C7H6O2.13C2H6/c1-2-6-9-8(4-1)5-3-7-10-9;10-9-6-5-7-3-1-2-4-8(7)11-9;1-2-5-9-7-3-6-8(9)4-1;3*1-2-4-8-7(3-1)5-6-9-8;1-2-4-7-6(3-1)8-5-9-7;1-2-4-7-6(3-1)5-8-9-7;9-7-8-5-3-1-2-4-6(5)10-7;4*1-2-4-7-6(3-1)8-5-9-7;13*1-2/h1-7H;1-8H;1-2,4-5H,3,6-7H2;1-4H,5-6H2;2*1-6H;2*1-5H,(H,8,9);1-4H,(H,8,9);1-4,8H,5H2;2*1-5H;1-4H,5H2;13*1-2H3. The summed E-state index contributed by atoms with van der Waals surface area (Å²) in [6.45, 7) is 53.8. The number of thiazole rings is 1. The van der Waals surface area contributed by atoms with Crippen LogP contribution in [0, 0.1) is 5.92 Å². The quantitative estimate of drug-likeness (QED) is 0.103. The Kier molecular flexibility index (Phi) is 76.2. The number of furan rings is 1. The van der Waals surface area contributed by atoms with Crippen molar-refractivity contribution in [2.24, 2.45) is 5.92 Å². The van der Waals surface area contributed by atoms with Crippen LogP contribution in [0.3, 0.4) is 0 Å². The number of para-hydroxylation sites is 15. The number of nitrogens with one attached hydrogen (secondary N) is 4. The van der Waals surface area contributed by atoms with Crippen molar-refractivity contribution in [3.8, 4) is 23.0 Å². The summed E-state index contributed by atoms with van der Waals surface area (Å²) in [6, 6.07) is 104. The van der Waals surface area contributed by atoms with Gasteiger partial charge in [0.25, 0.3) is 0 Å². The molecule has 0 fully saturated rings. The Hall–Kier alpha value is -15.2. The summed E-state index contributed by atoms with van der Waals surface area (Å²) in [5.41, 5.74) is 16.9. The number of pyridine rings is 1. The van der Waals surface area contributed by atoms with E-state index in [0.29, 0.717) is 19.1 Å². The molecule has 12 aromatic carbocycles. The summed E-state index contributed by atoms with van der Waals surface area (Å²) in [6.07, 6.45) is 24.6. The number of allylic oxidation sites excluding steroid dienone is 2. The number of nitrogens with zero attached hydrogens (tertiary/aromatic N) is 5. The van der Waals surface area contributed by atoms with E-state index in [-0.39, 0.29) is 18.0 Å². The number of imidazole rings is 1. The number of ether oxygens (including phenoxy) is 5. The number of aromatic amines is 3. The molecule has 784 valence electrons. The molecule has 0 saturated carbocycles. The Bertz CT molecular complexity index is 5640. The van der Waals surface area contributed by atoms with Gasteiger partial charge in [-0.1, -0.05) is 398 Å². The van der Waals surface area contributed by atoms with Crippen LogP contribution in [0.15, 0.2) is 412 Å². The third-order valence-corrected chi connectivity index (χ3v) is 20.5. The average Bonchev–Trinajstić information content (AvgIpc) is 1.74. The van der Waals surface area contributed by atoms with Gasteiger partial charge in [0.05, 0.1) is 74.4 Å². The number of aryl methyl sites for hydroxylation is 2. The summed E-state index contributed by atoms with van der Waals surface area (Å²) in [5.74, 6) is 3.31. The molecule has 20 aromatic rings. The van der Waals surface area contributed by atoms with Crippen molar-refractivity contribution < 1.29 is 41.7 Å². The van der Waals surface area contributed by atoms with Gasteiger partial charge in [0.1, 0.15) is 28.7 Å². The maximum atomic E-state index is 10.8. The van der Waals surface area contributed by atoms with Crippen LogP contribution in [-0.2, 0) is 28.8 Å². The fourth-order valence-corrected chi connectivity index (χ4v) is 14.2. The van der Waals surface area contributed by atoms with Crippen molar-refractivity contribution in [3.63, 3.8) is 0 Å². The van der Waals surface area contributed by atoms with Crippen molar-refractivity contribution >= 4 is 121 Å². The van der Waals surface area contributed by atoms with E-state index in [1.165, 1.54) is 57.5 Å².